The number of allylic oxidation sites excluding steroid dienone is 1. The summed E-state index contributed by atoms with van der Waals surface area (Å²) in [5.41, 5.74) is 7.79. The summed E-state index contributed by atoms with van der Waals surface area (Å²) < 4.78 is 0. The molecule has 0 radical (unpaired) electrons. The Labute approximate surface area is 136 Å². The minimum absolute atomic E-state index is 0. The second-order valence-corrected chi connectivity index (χ2v) is 3.89. The number of nitrogens with zero attached hydrogens (tertiary/aromatic N) is 2. The number of halogens is 1. The topological polar surface area (TPSA) is 50.7 Å². The Hall–Kier alpha value is -1.95. The van der Waals surface area contributed by atoms with E-state index in [2.05, 4.69) is 10.2 Å². The van der Waals surface area contributed by atoms with Crippen molar-refractivity contribution in [1.82, 2.24) is 0 Å². The standard InChI is InChI=1S/C16H15N3.HI/c17-16(15-11-5-2-6-12-15)19-18-13-7-10-14-8-3-1-4-9-14;/h1-13H,(H2,17,19);1H/b10-7+,18-13+;. The van der Waals surface area contributed by atoms with Crippen LogP contribution in [0, 0.1) is 0 Å². The average Bonchev–Trinajstić information content (AvgIpc) is 2.49. The molecule has 2 aromatic carbocycles. The number of hydrogen-bond donors (Lipinski definition) is 1. The molecule has 20 heavy (non-hydrogen) atoms. The molecule has 0 heterocycles. The Morgan fingerprint density at radius 2 is 1.50 bits per heavy atom. The predicted molar refractivity (Wildman–Crippen MR) is 96.5 cm³/mol. The fraction of sp³-hybridized carbons (Fsp3) is 0. The summed E-state index contributed by atoms with van der Waals surface area (Å²) >= 11 is 0. The van der Waals surface area contributed by atoms with Gasteiger partial charge in [0.15, 0.2) is 5.84 Å². The molecule has 4 heteroatoms. The van der Waals surface area contributed by atoms with Crippen molar-refractivity contribution >= 4 is 42.1 Å². The summed E-state index contributed by atoms with van der Waals surface area (Å²) in [6, 6.07) is 19.6. The van der Waals surface area contributed by atoms with Crippen molar-refractivity contribution in [3.63, 3.8) is 0 Å². The molecule has 0 saturated carbocycles. The Bertz CT molecular complexity index is 590. The van der Waals surface area contributed by atoms with E-state index in [1.54, 1.807) is 6.21 Å². The second-order valence-electron chi connectivity index (χ2n) is 3.89. The molecule has 2 N–H and O–H groups in total. The Kier molecular flexibility index (Phi) is 7.27. The van der Waals surface area contributed by atoms with Crippen LogP contribution in [0.15, 0.2) is 76.9 Å². The molecule has 3 nitrogen and oxygen atoms in total. The summed E-state index contributed by atoms with van der Waals surface area (Å²) in [5.74, 6) is 0.407. The Balaban J connectivity index is 0.00000200. The van der Waals surface area contributed by atoms with Crippen molar-refractivity contribution in [3.05, 3.63) is 77.9 Å². The van der Waals surface area contributed by atoms with Gasteiger partial charge in [0.25, 0.3) is 0 Å². The smallest absolute Gasteiger partial charge is 0.153 e. The van der Waals surface area contributed by atoms with Gasteiger partial charge in [-0.05, 0) is 11.6 Å². The van der Waals surface area contributed by atoms with Crippen LogP contribution in [0.4, 0.5) is 0 Å². The van der Waals surface area contributed by atoms with Gasteiger partial charge in [-0.2, -0.15) is 5.10 Å². The van der Waals surface area contributed by atoms with Gasteiger partial charge in [-0.1, -0.05) is 66.7 Å². The Morgan fingerprint density at radius 3 is 2.15 bits per heavy atom. The molecular weight excluding hydrogens is 361 g/mol. The fourth-order valence-electron chi connectivity index (χ4n) is 1.52. The molecule has 2 aromatic rings. The highest BCUT2D eigenvalue weighted by atomic mass is 127. The molecule has 0 unspecified atom stereocenters. The van der Waals surface area contributed by atoms with Gasteiger partial charge in [-0.25, -0.2) is 0 Å². The van der Waals surface area contributed by atoms with Crippen LogP contribution < -0.4 is 5.73 Å². The summed E-state index contributed by atoms with van der Waals surface area (Å²) in [5, 5.41) is 7.85. The lowest BCUT2D eigenvalue weighted by atomic mass is 10.2. The van der Waals surface area contributed by atoms with Gasteiger partial charge in [0.2, 0.25) is 0 Å². The molecule has 0 saturated heterocycles. The third kappa shape index (κ3) is 5.36. The van der Waals surface area contributed by atoms with E-state index in [1.165, 1.54) is 0 Å². The maximum Gasteiger partial charge on any atom is 0.153 e. The van der Waals surface area contributed by atoms with Gasteiger partial charge in [0.05, 0.1) is 0 Å². The van der Waals surface area contributed by atoms with Crippen molar-refractivity contribution in [3.8, 4) is 0 Å². The van der Waals surface area contributed by atoms with E-state index in [0.717, 1.165) is 11.1 Å². The van der Waals surface area contributed by atoms with E-state index in [0.29, 0.717) is 5.84 Å². The first-order valence-electron chi connectivity index (χ1n) is 6.00. The average molecular weight is 377 g/mol. The van der Waals surface area contributed by atoms with Crippen LogP contribution in [0.5, 0.6) is 0 Å². The lowest BCUT2D eigenvalue weighted by Crippen LogP contribution is -2.12. The van der Waals surface area contributed by atoms with Gasteiger partial charge in [0, 0.05) is 11.8 Å². The highest BCUT2D eigenvalue weighted by Crippen LogP contribution is 2.00. The van der Waals surface area contributed by atoms with Crippen LogP contribution in [0.1, 0.15) is 11.1 Å². The zero-order valence-corrected chi connectivity index (χ0v) is 13.2. The van der Waals surface area contributed by atoms with Crippen LogP contribution in [-0.4, -0.2) is 12.1 Å². The quantitative estimate of drug-likeness (QED) is 0.376. The lowest BCUT2D eigenvalue weighted by molar-refractivity contribution is 1.23. The number of rotatable bonds is 4. The van der Waals surface area contributed by atoms with Crippen LogP contribution in [0.3, 0.4) is 0 Å². The second kappa shape index (κ2) is 9.03. The van der Waals surface area contributed by atoms with Crippen molar-refractivity contribution in [2.24, 2.45) is 15.9 Å². The van der Waals surface area contributed by atoms with E-state index in [-0.39, 0.29) is 24.0 Å². The highest BCUT2D eigenvalue weighted by Gasteiger charge is 1.93. The third-order valence-corrected chi connectivity index (χ3v) is 2.48. The maximum absolute atomic E-state index is 5.80. The highest BCUT2D eigenvalue weighted by molar-refractivity contribution is 14.0. The molecule has 0 bridgehead atoms. The zero-order chi connectivity index (χ0) is 13.3. The molecule has 0 spiro atoms. The molecular formula is C16H16IN3. The van der Waals surface area contributed by atoms with Gasteiger partial charge in [-0.3, -0.25) is 0 Å². The number of amidine groups is 1. The first kappa shape index (κ1) is 16.1. The fourth-order valence-corrected chi connectivity index (χ4v) is 1.52. The van der Waals surface area contributed by atoms with Crippen LogP contribution in [-0.2, 0) is 0 Å². The van der Waals surface area contributed by atoms with E-state index in [1.807, 2.05) is 72.8 Å². The monoisotopic (exact) mass is 377 g/mol. The summed E-state index contributed by atoms with van der Waals surface area (Å²) in [6.07, 6.45) is 5.40. The number of nitrogens with two attached hydrogens (primary N) is 1. The van der Waals surface area contributed by atoms with Crippen molar-refractivity contribution in [2.75, 3.05) is 0 Å². The molecule has 2 rings (SSSR count). The van der Waals surface area contributed by atoms with Gasteiger partial charge >= 0.3 is 0 Å². The van der Waals surface area contributed by atoms with E-state index in [4.69, 9.17) is 5.73 Å². The van der Waals surface area contributed by atoms with Crippen molar-refractivity contribution in [1.29, 1.82) is 0 Å². The molecule has 102 valence electrons. The largest absolute Gasteiger partial charge is 0.382 e. The SMILES string of the molecule is I.N/C(=N/N=C/C=C/c1ccccc1)c1ccccc1. The summed E-state index contributed by atoms with van der Waals surface area (Å²) in [7, 11) is 0. The first-order chi connectivity index (χ1) is 9.36. The van der Waals surface area contributed by atoms with Gasteiger partial charge < -0.3 is 5.73 Å². The normalized spacial score (nSPS) is 11.7. The zero-order valence-electron chi connectivity index (χ0n) is 10.9. The maximum atomic E-state index is 5.80. The third-order valence-electron chi connectivity index (χ3n) is 2.48. The molecule has 0 aliphatic carbocycles. The van der Waals surface area contributed by atoms with Crippen LogP contribution >= 0.6 is 24.0 Å². The van der Waals surface area contributed by atoms with Crippen LogP contribution in [0.25, 0.3) is 6.08 Å². The van der Waals surface area contributed by atoms with E-state index in [9.17, 15) is 0 Å². The van der Waals surface area contributed by atoms with Gasteiger partial charge in [-0.15, -0.1) is 29.1 Å². The minimum atomic E-state index is 0. The minimum Gasteiger partial charge on any atom is -0.382 e. The van der Waals surface area contributed by atoms with Gasteiger partial charge in [0.1, 0.15) is 0 Å². The predicted octanol–water partition coefficient (Wildman–Crippen LogP) is 3.71. The summed E-state index contributed by atoms with van der Waals surface area (Å²) in [6.45, 7) is 0. The van der Waals surface area contributed by atoms with E-state index >= 15 is 0 Å². The number of hydrogen-bond acceptors (Lipinski definition) is 2. The van der Waals surface area contributed by atoms with E-state index < -0.39 is 0 Å². The lowest BCUT2D eigenvalue weighted by Gasteiger charge is -1.95. The molecule has 0 aliphatic rings. The van der Waals surface area contributed by atoms with Crippen molar-refractivity contribution in [2.45, 2.75) is 0 Å². The Morgan fingerprint density at radius 1 is 0.900 bits per heavy atom. The number of benzene rings is 2. The molecule has 0 aliphatic heterocycles. The molecule has 0 amide bonds. The van der Waals surface area contributed by atoms with Crippen LogP contribution in [0.2, 0.25) is 0 Å². The molecule has 0 fully saturated rings. The first-order valence-corrected chi connectivity index (χ1v) is 6.00. The molecule has 0 atom stereocenters. The van der Waals surface area contributed by atoms with Crippen molar-refractivity contribution < 1.29 is 0 Å². The molecule has 0 aromatic heterocycles. The summed E-state index contributed by atoms with van der Waals surface area (Å²) in [4.78, 5) is 0.